The highest BCUT2D eigenvalue weighted by atomic mass is 16.5. The minimum Gasteiger partial charge on any atom is -0.465 e. The molecule has 0 aromatic carbocycles. The zero-order valence-corrected chi connectivity index (χ0v) is 8.25. The van der Waals surface area contributed by atoms with Gasteiger partial charge in [-0.15, -0.1) is 0 Å². The maximum absolute atomic E-state index is 11.2. The third kappa shape index (κ3) is 6.13. The van der Waals surface area contributed by atoms with Crippen LogP contribution in [-0.4, -0.2) is 25.7 Å². The standard InChI is InChI=1S/C9H15O4/c1-9(2,3)8(11)13-6-4-5-12-7-10/h4-6H2,1-3H3. The molecule has 0 aromatic rings. The fraction of sp³-hybridized carbons (Fsp3) is 0.778. The van der Waals surface area contributed by atoms with Crippen LogP contribution in [0.2, 0.25) is 0 Å². The highest BCUT2D eigenvalue weighted by Crippen LogP contribution is 2.14. The number of carbonyl (C=O) groups excluding carboxylic acids is 2. The molecule has 0 bridgehead atoms. The van der Waals surface area contributed by atoms with Gasteiger partial charge in [0.15, 0.2) is 0 Å². The van der Waals surface area contributed by atoms with E-state index >= 15 is 0 Å². The Hall–Kier alpha value is -1.06. The van der Waals surface area contributed by atoms with Crippen molar-refractivity contribution in [1.82, 2.24) is 0 Å². The monoisotopic (exact) mass is 187 g/mol. The van der Waals surface area contributed by atoms with Crippen molar-refractivity contribution in [3.8, 4) is 0 Å². The number of ether oxygens (including phenoxy) is 2. The van der Waals surface area contributed by atoms with Gasteiger partial charge in [0, 0.05) is 6.42 Å². The lowest BCUT2D eigenvalue weighted by molar-refractivity contribution is -0.153. The summed E-state index contributed by atoms with van der Waals surface area (Å²) in [6, 6.07) is 0. The topological polar surface area (TPSA) is 52.6 Å². The van der Waals surface area contributed by atoms with E-state index in [0.29, 0.717) is 6.42 Å². The number of esters is 1. The van der Waals surface area contributed by atoms with Crippen molar-refractivity contribution in [1.29, 1.82) is 0 Å². The Balaban J connectivity index is 3.43. The molecule has 0 rings (SSSR count). The third-order valence-corrected chi connectivity index (χ3v) is 1.30. The second-order valence-electron chi connectivity index (χ2n) is 3.67. The summed E-state index contributed by atoms with van der Waals surface area (Å²) in [6.07, 6.45) is 0.511. The number of carbonyl (C=O) groups is 1. The summed E-state index contributed by atoms with van der Waals surface area (Å²) >= 11 is 0. The van der Waals surface area contributed by atoms with Crippen LogP contribution < -0.4 is 0 Å². The van der Waals surface area contributed by atoms with Crippen molar-refractivity contribution in [3.63, 3.8) is 0 Å². The first kappa shape index (κ1) is 11.9. The van der Waals surface area contributed by atoms with Gasteiger partial charge in [-0.05, 0) is 20.8 Å². The summed E-state index contributed by atoms with van der Waals surface area (Å²) in [7, 11) is 0. The van der Waals surface area contributed by atoms with Gasteiger partial charge in [0.05, 0.1) is 18.6 Å². The van der Waals surface area contributed by atoms with Crippen LogP contribution >= 0.6 is 0 Å². The maximum Gasteiger partial charge on any atom is 0.417 e. The van der Waals surface area contributed by atoms with E-state index < -0.39 is 5.41 Å². The number of hydrogen-bond donors (Lipinski definition) is 0. The van der Waals surface area contributed by atoms with E-state index in [-0.39, 0.29) is 19.2 Å². The van der Waals surface area contributed by atoms with E-state index in [4.69, 9.17) is 4.74 Å². The molecule has 0 N–H and O–H groups in total. The first-order valence-corrected chi connectivity index (χ1v) is 4.14. The summed E-state index contributed by atoms with van der Waals surface area (Å²) in [4.78, 5) is 20.8. The molecule has 0 aromatic heterocycles. The van der Waals surface area contributed by atoms with E-state index in [1.165, 1.54) is 6.47 Å². The van der Waals surface area contributed by atoms with Crippen molar-refractivity contribution in [2.75, 3.05) is 13.2 Å². The Kier molecular flexibility index (Phi) is 5.11. The van der Waals surface area contributed by atoms with E-state index in [1.807, 2.05) is 0 Å². The first-order chi connectivity index (χ1) is 5.98. The van der Waals surface area contributed by atoms with E-state index in [2.05, 4.69) is 4.74 Å². The zero-order valence-electron chi connectivity index (χ0n) is 8.25. The first-order valence-electron chi connectivity index (χ1n) is 4.14. The Bertz CT molecular complexity index is 169. The molecule has 0 saturated carbocycles. The van der Waals surface area contributed by atoms with Crippen LogP contribution in [0.3, 0.4) is 0 Å². The Labute approximate surface area is 78.2 Å². The zero-order chi connectivity index (χ0) is 10.3. The van der Waals surface area contributed by atoms with Gasteiger partial charge < -0.3 is 9.47 Å². The number of hydrogen-bond acceptors (Lipinski definition) is 4. The van der Waals surface area contributed by atoms with Crippen molar-refractivity contribution >= 4 is 12.4 Å². The van der Waals surface area contributed by atoms with Gasteiger partial charge in [-0.1, -0.05) is 0 Å². The van der Waals surface area contributed by atoms with Gasteiger partial charge in [0.2, 0.25) is 0 Å². The van der Waals surface area contributed by atoms with Crippen LogP contribution in [0, 0.1) is 5.41 Å². The molecule has 13 heavy (non-hydrogen) atoms. The maximum atomic E-state index is 11.2. The second-order valence-corrected chi connectivity index (χ2v) is 3.67. The molecule has 0 aliphatic rings. The van der Waals surface area contributed by atoms with E-state index in [0.717, 1.165) is 0 Å². The largest absolute Gasteiger partial charge is 0.465 e. The molecule has 0 saturated heterocycles. The van der Waals surface area contributed by atoms with Crippen molar-refractivity contribution in [3.05, 3.63) is 0 Å². The lowest BCUT2D eigenvalue weighted by Gasteiger charge is -2.16. The molecule has 75 valence electrons. The summed E-state index contributed by atoms with van der Waals surface area (Å²) in [5.74, 6) is -0.248. The van der Waals surface area contributed by atoms with Gasteiger partial charge in [-0.3, -0.25) is 4.79 Å². The normalized spacial score (nSPS) is 10.7. The second kappa shape index (κ2) is 5.56. The van der Waals surface area contributed by atoms with E-state index in [9.17, 15) is 9.59 Å². The van der Waals surface area contributed by atoms with Crippen molar-refractivity contribution in [2.24, 2.45) is 5.41 Å². The quantitative estimate of drug-likeness (QED) is 0.477. The predicted molar refractivity (Wildman–Crippen MR) is 46.7 cm³/mol. The SMILES string of the molecule is CC(C)(C)C(=O)OCCCO[C]=O. The van der Waals surface area contributed by atoms with Crippen LogP contribution in [0.1, 0.15) is 27.2 Å². The lowest BCUT2D eigenvalue weighted by Crippen LogP contribution is -2.23. The summed E-state index contributed by atoms with van der Waals surface area (Å²) in [5, 5.41) is 0. The molecule has 0 unspecified atom stereocenters. The minimum atomic E-state index is -0.475. The van der Waals surface area contributed by atoms with Crippen LogP contribution in [-0.2, 0) is 19.1 Å². The number of rotatable bonds is 5. The van der Waals surface area contributed by atoms with Crippen LogP contribution in [0.25, 0.3) is 0 Å². The van der Waals surface area contributed by atoms with Crippen LogP contribution in [0.15, 0.2) is 0 Å². The van der Waals surface area contributed by atoms with Gasteiger partial charge in [0.1, 0.15) is 0 Å². The Morgan fingerprint density at radius 3 is 2.38 bits per heavy atom. The fourth-order valence-corrected chi connectivity index (χ4v) is 0.554. The molecule has 0 heterocycles. The smallest absolute Gasteiger partial charge is 0.417 e. The molecule has 0 fully saturated rings. The summed E-state index contributed by atoms with van der Waals surface area (Å²) in [5.41, 5.74) is -0.475. The van der Waals surface area contributed by atoms with E-state index in [1.54, 1.807) is 20.8 Å². The van der Waals surface area contributed by atoms with Crippen molar-refractivity contribution in [2.45, 2.75) is 27.2 Å². The fourth-order valence-electron chi connectivity index (χ4n) is 0.554. The van der Waals surface area contributed by atoms with Gasteiger partial charge >= 0.3 is 12.4 Å². The molecule has 0 aliphatic heterocycles. The van der Waals surface area contributed by atoms with Gasteiger partial charge in [-0.25, -0.2) is 4.79 Å². The van der Waals surface area contributed by atoms with Crippen LogP contribution in [0.5, 0.6) is 0 Å². The lowest BCUT2D eigenvalue weighted by atomic mass is 9.97. The average molecular weight is 187 g/mol. The molecule has 1 radical (unpaired) electrons. The van der Waals surface area contributed by atoms with Gasteiger partial charge in [0.25, 0.3) is 0 Å². The Morgan fingerprint density at radius 1 is 1.31 bits per heavy atom. The predicted octanol–water partition coefficient (Wildman–Crippen LogP) is 1.05. The summed E-state index contributed by atoms with van der Waals surface area (Å²) < 4.78 is 9.21. The molecule has 0 spiro atoms. The Morgan fingerprint density at radius 2 is 1.92 bits per heavy atom. The molecule has 0 amide bonds. The molecular weight excluding hydrogens is 172 g/mol. The van der Waals surface area contributed by atoms with Crippen LogP contribution in [0.4, 0.5) is 0 Å². The summed E-state index contributed by atoms with van der Waals surface area (Å²) in [6.45, 7) is 7.16. The van der Waals surface area contributed by atoms with Gasteiger partial charge in [-0.2, -0.15) is 0 Å². The molecular formula is C9H15O4. The molecule has 0 atom stereocenters. The molecule has 0 aliphatic carbocycles. The highest BCUT2D eigenvalue weighted by Gasteiger charge is 2.22. The average Bonchev–Trinajstić information content (AvgIpc) is 2.02. The molecule has 4 heteroatoms. The van der Waals surface area contributed by atoms with Crippen molar-refractivity contribution < 1.29 is 19.1 Å². The third-order valence-electron chi connectivity index (χ3n) is 1.30. The minimum absolute atomic E-state index is 0.237. The highest BCUT2D eigenvalue weighted by molar-refractivity contribution is 5.75. The molecule has 4 nitrogen and oxygen atoms in total.